The summed E-state index contributed by atoms with van der Waals surface area (Å²) in [6.07, 6.45) is 1.79. The van der Waals surface area contributed by atoms with Gasteiger partial charge in [-0.1, -0.05) is 0 Å². The molecule has 0 aromatic rings. The molecule has 4 amide bonds. The van der Waals surface area contributed by atoms with E-state index in [4.69, 9.17) is 0 Å². The van der Waals surface area contributed by atoms with Gasteiger partial charge in [0.05, 0.1) is 0 Å². The Morgan fingerprint density at radius 2 is 2.00 bits per heavy atom. The van der Waals surface area contributed by atoms with E-state index in [1.807, 2.05) is 0 Å². The van der Waals surface area contributed by atoms with Gasteiger partial charge in [0, 0.05) is 6.54 Å². The fourth-order valence-electron chi connectivity index (χ4n) is 2.75. The number of nitrogens with zero attached hydrogens (tertiary/aromatic N) is 2. The fraction of sp³-hybridized carbons (Fsp3) is 0.692. The second kappa shape index (κ2) is 5.34. The number of urea groups is 1. The van der Waals surface area contributed by atoms with Crippen LogP contribution in [0.3, 0.4) is 0 Å². The third-order valence-corrected chi connectivity index (χ3v) is 4.25. The van der Waals surface area contributed by atoms with E-state index in [9.17, 15) is 24.3 Å². The molecule has 2 unspecified atom stereocenters. The van der Waals surface area contributed by atoms with Crippen molar-refractivity contribution >= 4 is 23.8 Å². The van der Waals surface area contributed by atoms with E-state index in [2.05, 4.69) is 5.32 Å². The van der Waals surface area contributed by atoms with Crippen LogP contribution in [0.2, 0.25) is 0 Å². The molecule has 0 bridgehead atoms. The van der Waals surface area contributed by atoms with Crippen molar-refractivity contribution in [2.24, 2.45) is 0 Å². The van der Waals surface area contributed by atoms with Crippen molar-refractivity contribution in [3.05, 3.63) is 0 Å². The molecule has 0 aromatic carbocycles. The minimum Gasteiger partial charge on any atom is -0.480 e. The largest absolute Gasteiger partial charge is 0.480 e. The van der Waals surface area contributed by atoms with Crippen LogP contribution in [0.1, 0.15) is 33.1 Å². The maximum atomic E-state index is 12.6. The van der Waals surface area contributed by atoms with Crippen LogP contribution in [0.25, 0.3) is 0 Å². The molecule has 8 heteroatoms. The van der Waals surface area contributed by atoms with Crippen LogP contribution in [0, 0.1) is 0 Å². The maximum absolute atomic E-state index is 12.6. The molecule has 2 rings (SSSR count). The molecule has 21 heavy (non-hydrogen) atoms. The van der Waals surface area contributed by atoms with Crippen LogP contribution in [-0.2, 0) is 14.4 Å². The number of carboxylic acids is 1. The maximum Gasteiger partial charge on any atom is 0.329 e. The number of piperazine rings is 1. The Balaban J connectivity index is 2.26. The van der Waals surface area contributed by atoms with Crippen molar-refractivity contribution in [2.45, 2.75) is 44.7 Å². The zero-order valence-corrected chi connectivity index (χ0v) is 12.1. The molecular formula is C13H19N3O5. The van der Waals surface area contributed by atoms with Crippen molar-refractivity contribution in [3.63, 3.8) is 0 Å². The zero-order valence-electron chi connectivity index (χ0n) is 12.1. The van der Waals surface area contributed by atoms with Gasteiger partial charge in [0.1, 0.15) is 18.1 Å². The van der Waals surface area contributed by atoms with Gasteiger partial charge in [-0.05, 0) is 33.1 Å². The van der Waals surface area contributed by atoms with Gasteiger partial charge in [-0.2, -0.15) is 0 Å². The minimum atomic E-state index is -1.30. The molecule has 2 N–H and O–H groups in total. The first-order valence-corrected chi connectivity index (χ1v) is 6.92. The summed E-state index contributed by atoms with van der Waals surface area (Å²) in [5.41, 5.74) is -1.30. The molecule has 0 saturated carbocycles. The number of imide groups is 1. The smallest absolute Gasteiger partial charge is 0.329 e. The molecule has 116 valence electrons. The molecular weight excluding hydrogens is 278 g/mol. The van der Waals surface area contributed by atoms with Crippen LogP contribution in [0.5, 0.6) is 0 Å². The van der Waals surface area contributed by atoms with Gasteiger partial charge in [0.15, 0.2) is 0 Å². The fourth-order valence-corrected chi connectivity index (χ4v) is 2.75. The Kier molecular flexibility index (Phi) is 3.89. The Morgan fingerprint density at radius 1 is 1.33 bits per heavy atom. The standard InChI is InChI=1S/C13H19N3O5/c1-8-10(18)14-9(17)7-15(8)12(21)16-6-4-3-5-13(16,2)11(19)20/h8H,3-7H2,1-2H3,(H,19,20)(H,14,17,18). The molecule has 0 aromatic heterocycles. The summed E-state index contributed by atoms with van der Waals surface area (Å²) >= 11 is 0. The topological polar surface area (TPSA) is 107 Å². The van der Waals surface area contributed by atoms with E-state index < -0.39 is 35.4 Å². The lowest BCUT2D eigenvalue weighted by Gasteiger charge is -2.45. The van der Waals surface area contributed by atoms with Crippen molar-refractivity contribution in [2.75, 3.05) is 13.1 Å². The Bertz CT molecular complexity index is 506. The lowest BCUT2D eigenvalue weighted by atomic mass is 9.88. The zero-order chi connectivity index (χ0) is 15.8. The Morgan fingerprint density at radius 3 is 2.62 bits per heavy atom. The van der Waals surface area contributed by atoms with E-state index in [1.54, 1.807) is 0 Å². The number of carboxylic acid groups (broad SMARTS) is 1. The molecule has 2 atom stereocenters. The van der Waals surface area contributed by atoms with E-state index in [-0.39, 0.29) is 6.54 Å². The number of rotatable bonds is 1. The van der Waals surface area contributed by atoms with Gasteiger partial charge in [0.25, 0.3) is 0 Å². The van der Waals surface area contributed by atoms with E-state index in [0.717, 1.165) is 11.3 Å². The Labute approximate surface area is 122 Å². The minimum absolute atomic E-state index is 0.238. The van der Waals surface area contributed by atoms with Crippen molar-refractivity contribution in [1.29, 1.82) is 0 Å². The number of aliphatic carboxylic acids is 1. The first kappa shape index (κ1) is 15.3. The average molecular weight is 297 g/mol. The summed E-state index contributed by atoms with van der Waals surface area (Å²) in [5, 5.41) is 11.6. The molecule has 0 spiro atoms. The molecule has 0 radical (unpaired) electrons. The monoisotopic (exact) mass is 297 g/mol. The first-order chi connectivity index (χ1) is 9.77. The van der Waals surface area contributed by atoms with Crippen molar-refractivity contribution in [3.8, 4) is 0 Å². The highest BCUT2D eigenvalue weighted by Gasteiger charge is 2.47. The second-order valence-corrected chi connectivity index (χ2v) is 5.69. The lowest BCUT2D eigenvalue weighted by molar-refractivity contribution is -0.151. The summed E-state index contributed by atoms with van der Waals surface area (Å²) in [5.74, 6) is -2.18. The number of nitrogens with one attached hydrogen (secondary N) is 1. The van der Waals surface area contributed by atoms with Crippen LogP contribution < -0.4 is 5.32 Å². The number of carbonyl (C=O) groups excluding carboxylic acids is 3. The summed E-state index contributed by atoms with van der Waals surface area (Å²) in [4.78, 5) is 49.6. The van der Waals surface area contributed by atoms with Gasteiger partial charge in [-0.3, -0.25) is 14.9 Å². The second-order valence-electron chi connectivity index (χ2n) is 5.69. The highest BCUT2D eigenvalue weighted by molar-refractivity contribution is 6.04. The molecule has 2 saturated heterocycles. The Hall–Kier alpha value is -2.12. The normalized spacial score (nSPS) is 30.1. The van der Waals surface area contributed by atoms with Gasteiger partial charge in [-0.25, -0.2) is 9.59 Å². The first-order valence-electron chi connectivity index (χ1n) is 6.92. The van der Waals surface area contributed by atoms with Gasteiger partial charge in [-0.15, -0.1) is 0 Å². The average Bonchev–Trinajstić information content (AvgIpc) is 2.42. The van der Waals surface area contributed by atoms with Crippen LogP contribution in [0.4, 0.5) is 4.79 Å². The molecule has 2 aliphatic heterocycles. The number of piperidine rings is 1. The number of amides is 4. The van der Waals surface area contributed by atoms with Crippen LogP contribution >= 0.6 is 0 Å². The van der Waals surface area contributed by atoms with E-state index in [0.29, 0.717) is 19.4 Å². The molecule has 2 heterocycles. The predicted octanol–water partition coefficient (Wildman–Crippen LogP) is -0.217. The number of hydrogen-bond donors (Lipinski definition) is 2. The van der Waals surface area contributed by atoms with E-state index in [1.165, 1.54) is 18.7 Å². The van der Waals surface area contributed by atoms with Gasteiger partial charge in [0.2, 0.25) is 11.8 Å². The highest BCUT2D eigenvalue weighted by atomic mass is 16.4. The van der Waals surface area contributed by atoms with Crippen LogP contribution in [0.15, 0.2) is 0 Å². The van der Waals surface area contributed by atoms with Crippen LogP contribution in [-0.4, -0.2) is 63.4 Å². The quantitative estimate of drug-likeness (QED) is 0.651. The summed E-state index contributed by atoms with van der Waals surface area (Å²) in [6, 6.07) is -1.37. The van der Waals surface area contributed by atoms with Gasteiger partial charge < -0.3 is 14.9 Å². The number of carbonyl (C=O) groups is 4. The summed E-state index contributed by atoms with van der Waals surface area (Å²) in [7, 11) is 0. The molecule has 2 fully saturated rings. The van der Waals surface area contributed by atoms with Crippen molar-refractivity contribution < 1.29 is 24.3 Å². The summed E-state index contributed by atoms with van der Waals surface area (Å²) < 4.78 is 0. The molecule has 0 aliphatic carbocycles. The number of likely N-dealkylation sites (tertiary alicyclic amines) is 1. The predicted molar refractivity (Wildman–Crippen MR) is 71.3 cm³/mol. The third-order valence-electron chi connectivity index (χ3n) is 4.25. The SMILES string of the molecule is CC1C(=O)NC(=O)CN1C(=O)N1CCCCC1(C)C(=O)O. The van der Waals surface area contributed by atoms with Crippen molar-refractivity contribution in [1.82, 2.24) is 15.1 Å². The molecule has 2 aliphatic rings. The summed E-state index contributed by atoms with van der Waals surface area (Å²) in [6.45, 7) is 3.09. The third kappa shape index (κ3) is 2.57. The van der Waals surface area contributed by atoms with E-state index >= 15 is 0 Å². The lowest BCUT2D eigenvalue weighted by Crippen LogP contribution is -2.66. The van der Waals surface area contributed by atoms with Gasteiger partial charge >= 0.3 is 12.0 Å². The molecule has 8 nitrogen and oxygen atoms in total. The number of hydrogen-bond acceptors (Lipinski definition) is 4. The highest BCUT2D eigenvalue weighted by Crippen LogP contribution is 2.30.